The van der Waals surface area contributed by atoms with Crippen LogP contribution in [-0.4, -0.2) is 7.11 Å². The van der Waals surface area contributed by atoms with Gasteiger partial charge >= 0.3 is 0 Å². The monoisotopic (exact) mass is 190 g/mol. The number of allylic oxidation sites excluding steroid dienone is 2. The zero-order chi connectivity index (χ0) is 10.4. The fourth-order valence-electron chi connectivity index (χ4n) is 1.26. The van der Waals surface area contributed by atoms with Crippen molar-refractivity contribution in [3.05, 3.63) is 52.2 Å². The summed E-state index contributed by atoms with van der Waals surface area (Å²) in [5.74, 6) is 0.438. The van der Waals surface area contributed by atoms with Gasteiger partial charge in [0.25, 0.3) is 0 Å². The van der Waals surface area contributed by atoms with Crippen LogP contribution in [0.15, 0.2) is 41.2 Å². The van der Waals surface area contributed by atoms with Crippen LogP contribution in [0.1, 0.15) is 12.5 Å². The quantitative estimate of drug-likeness (QED) is 0.683. The van der Waals surface area contributed by atoms with E-state index in [4.69, 9.17) is 4.74 Å². The SMILES string of the molecule is C/C=C/Cc1ccccc(=O)c1OC. The zero-order valence-electron chi connectivity index (χ0n) is 8.49. The Hall–Kier alpha value is -1.57. The molecule has 74 valence electrons. The standard InChI is InChI=1S/C12H14O2/c1-3-4-7-10-8-5-6-9-11(13)12(10)14-2/h3-6,8-9H,7H2,1-2H3/b4-3+. The molecule has 0 heterocycles. The predicted octanol–water partition coefficient (Wildman–Crippen LogP) is 2.17. The van der Waals surface area contributed by atoms with Gasteiger partial charge in [-0.05, 0) is 19.4 Å². The summed E-state index contributed by atoms with van der Waals surface area (Å²) < 4.78 is 5.09. The lowest BCUT2D eigenvalue weighted by Crippen LogP contribution is -2.03. The van der Waals surface area contributed by atoms with Gasteiger partial charge in [0.2, 0.25) is 5.43 Å². The van der Waals surface area contributed by atoms with Crippen molar-refractivity contribution in [3.63, 3.8) is 0 Å². The third-order valence-electron chi connectivity index (χ3n) is 1.95. The molecule has 0 N–H and O–H groups in total. The highest BCUT2D eigenvalue weighted by Gasteiger charge is 2.02. The molecule has 1 rings (SSSR count). The summed E-state index contributed by atoms with van der Waals surface area (Å²) in [5, 5.41) is 0. The van der Waals surface area contributed by atoms with E-state index < -0.39 is 0 Å². The molecule has 0 aromatic heterocycles. The molecule has 14 heavy (non-hydrogen) atoms. The minimum Gasteiger partial charge on any atom is -0.492 e. The van der Waals surface area contributed by atoms with E-state index in [9.17, 15) is 4.79 Å². The molecule has 0 saturated heterocycles. The number of methoxy groups -OCH3 is 1. The molecule has 2 nitrogen and oxygen atoms in total. The number of ether oxygens (including phenoxy) is 1. The van der Waals surface area contributed by atoms with Crippen LogP contribution in [0.25, 0.3) is 0 Å². The Labute approximate surface area is 83.9 Å². The van der Waals surface area contributed by atoms with Gasteiger partial charge in [-0.25, -0.2) is 0 Å². The van der Waals surface area contributed by atoms with E-state index in [1.165, 1.54) is 13.2 Å². The lowest BCUT2D eigenvalue weighted by atomic mass is 10.2. The van der Waals surface area contributed by atoms with Gasteiger partial charge in [-0.2, -0.15) is 0 Å². The zero-order valence-corrected chi connectivity index (χ0v) is 8.49. The average molecular weight is 190 g/mol. The Balaban J connectivity index is 3.21. The fourth-order valence-corrected chi connectivity index (χ4v) is 1.26. The molecule has 0 aliphatic rings. The van der Waals surface area contributed by atoms with Gasteiger partial charge < -0.3 is 4.74 Å². The van der Waals surface area contributed by atoms with Gasteiger partial charge in [-0.3, -0.25) is 4.79 Å². The summed E-state index contributed by atoms with van der Waals surface area (Å²) in [6.45, 7) is 1.95. The minimum atomic E-state index is -0.0722. The van der Waals surface area contributed by atoms with E-state index in [2.05, 4.69) is 0 Å². The average Bonchev–Trinajstić information content (AvgIpc) is 2.36. The first-order valence-electron chi connectivity index (χ1n) is 4.57. The summed E-state index contributed by atoms with van der Waals surface area (Å²) in [6, 6.07) is 6.99. The van der Waals surface area contributed by atoms with E-state index in [-0.39, 0.29) is 5.43 Å². The van der Waals surface area contributed by atoms with Crippen molar-refractivity contribution in [2.24, 2.45) is 0 Å². The highest BCUT2D eigenvalue weighted by molar-refractivity contribution is 5.33. The molecule has 0 atom stereocenters. The fraction of sp³-hybridized carbons (Fsp3) is 0.250. The third-order valence-corrected chi connectivity index (χ3v) is 1.95. The normalized spacial score (nSPS) is 10.4. The molecule has 1 aromatic carbocycles. The Morgan fingerprint density at radius 1 is 1.36 bits per heavy atom. The second kappa shape index (κ2) is 5.22. The molecule has 0 fully saturated rings. The molecule has 2 heteroatoms. The maximum atomic E-state index is 11.5. The van der Waals surface area contributed by atoms with E-state index >= 15 is 0 Å². The summed E-state index contributed by atoms with van der Waals surface area (Å²) in [7, 11) is 1.52. The largest absolute Gasteiger partial charge is 0.492 e. The van der Waals surface area contributed by atoms with Crippen molar-refractivity contribution < 1.29 is 4.74 Å². The molecular weight excluding hydrogens is 176 g/mol. The maximum absolute atomic E-state index is 11.5. The second-order valence-electron chi connectivity index (χ2n) is 2.91. The second-order valence-corrected chi connectivity index (χ2v) is 2.91. The van der Waals surface area contributed by atoms with Crippen molar-refractivity contribution >= 4 is 0 Å². The number of hydrogen-bond donors (Lipinski definition) is 0. The highest BCUT2D eigenvalue weighted by atomic mass is 16.5. The molecule has 0 unspecified atom stereocenters. The van der Waals surface area contributed by atoms with Crippen LogP contribution in [0.4, 0.5) is 0 Å². The molecule has 0 spiro atoms. The van der Waals surface area contributed by atoms with Crippen molar-refractivity contribution in [2.45, 2.75) is 13.3 Å². The van der Waals surface area contributed by atoms with E-state index in [1.54, 1.807) is 6.07 Å². The molecule has 0 amide bonds. The molecule has 0 saturated carbocycles. The molecule has 0 aliphatic carbocycles. The van der Waals surface area contributed by atoms with Crippen LogP contribution in [-0.2, 0) is 6.42 Å². The van der Waals surface area contributed by atoms with Crippen molar-refractivity contribution in [1.82, 2.24) is 0 Å². The molecule has 0 bridgehead atoms. The molecule has 0 radical (unpaired) electrons. The van der Waals surface area contributed by atoms with Gasteiger partial charge in [0.15, 0.2) is 5.75 Å². The van der Waals surface area contributed by atoms with Crippen LogP contribution in [0.3, 0.4) is 0 Å². The topological polar surface area (TPSA) is 26.3 Å². The first-order chi connectivity index (χ1) is 6.79. The Bertz CT molecular complexity index is 380. The van der Waals surface area contributed by atoms with Gasteiger partial charge in [-0.1, -0.05) is 30.4 Å². The number of hydrogen-bond acceptors (Lipinski definition) is 2. The van der Waals surface area contributed by atoms with Gasteiger partial charge in [0, 0.05) is 5.56 Å². The Kier molecular flexibility index (Phi) is 3.92. The molecule has 0 aliphatic heterocycles. The minimum absolute atomic E-state index is 0.0722. The summed E-state index contributed by atoms with van der Waals surface area (Å²) in [4.78, 5) is 11.5. The van der Waals surface area contributed by atoms with Crippen LogP contribution in [0.5, 0.6) is 5.75 Å². The van der Waals surface area contributed by atoms with E-state index in [1.807, 2.05) is 31.2 Å². The van der Waals surface area contributed by atoms with E-state index in [0.717, 1.165) is 12.0 Å². The Morgan fingerprint density at radius 2 is 2.07 bits per heavy atom. The lowest BCUT2D eigenvalue weighted by Gasteiger charge is -2.00. The van der Waals surface area contributed by atoms with Crippen LogP contribution in [0, 0.1) is 0 Å². The van der Waals surface area contributed by atoms with Gasteiger partial charge in [0.1, 0.15) is 0 Å². The molecular formula is C12H14O2. The first-order valence-corrected chi connectivity index (χ1v) is 4.57. The van der Waals surface area contributed by atoms with Crippen molar-refractivity contribution in [2.75, 3.05) is 7.11 Å². The van der Waals surface area contributed by atoms with Crippen molar-refractivity contribution in [3.8, 4) is 5.75 Å². The number of rotatable bonds is 3. The molecule has 1 aromatic rings. The predicted molar refractivity (Wildman–Crippen MR) is 57.8 cm³/mol. The van der Waals surface area contributed by atoms with Crippen LogP contribution < -0.4 is 10.2 Å². The maximum Gasteiger partial charge on any atom is 0.220 e. The van der Waals surface area contributed by atoms with E-state index in [0.29, 0.717) is 5.75 Å². The first kappa shape index (κ1) is 10.5. The van der Waals surface area contributed by atoms with Gasteiger partial charge in [-0.15, -0.1) is 0 Å². The van der Waals surface area contributed by atoms with Gasteiger partial charge in [0.05, 0.1) is 7.11 Å². The Morgan fingerprint density at radius 3 is 2.71 bits per heavy atom. The van der Waals surface area contributed by atoms with Crippen LogP contribution in [0.2, 0.25) is 0 Å². The highest BCUT2D eigenvalue weighted by Crippen LogP contribution is 2.12. The summed E-state index contributed by atoms with van der Waals surface area (Å²) in [6.07, 6.45) is 4.68. The summed E-state index contributed by atoms with van der Waals surface area (Å²) >= 11 is 0. The van der Waals surface area contributed by atoms with Crippen LogP contribution >= 0.6 is 0 Å². The lowest BCUT2D eigenvalue weighted by molar-refractivity contribution is 0.407. The van der Waals surface area contributed by atoms with Crippen molar-refractivity contribution in [1.29, 1.82) is 0 Å². The summed E-state index contributed by atoms with van der Waals surface area (Å²) in [5.41, 5.74) is 0.845. The third kappa shape index (κ3) is 2.46. The smallest absolute Gasteiger partial charge is 0.220 e.